The molecule has 0 amide bonds. The van der Waals surface area contributed by atoms with Gasteiger partial charge in [-0.2, -0.15) is 0 Å². The van der Waals surface area contributed by atoms with Crippen molar-refractivity contribution in [1.82, 2.24) is 4.90 Å². The third kappa shape index (κ3) is 6.48. The molecule has 182 valence electrons. The first kappa shape index (κ1) is 27.3. The van der Waals surface area contributed by atoms with Crippen LogP contribution < -0.4 is 15.6 Å². The van der Waals surface area contributed by atoms with Gasteiger partial charge in [0.15, 0.2) is 0 Å². The van der Waals surface area contributed by atoms with E-state index in [0.717, 1.165) is 0 Å². The molecule has 0 fully saturated rings. The molecule has 0 aliphatic rings. The molecule has 3 aromatic carbocycles. The predicted octanol–water partition coefficient (Wildman–Crippen LogP) is 4.69. The normalized spacial score (nSPS) is 11.6. The van der Waals surface area contributed by atoms with Gasteiger partial charge in [0.25, 0.3) is 0 Å². The maximum Gasteiger partial charge on any atom is 0.229 e. The highest BCUT2D eigenvalue weighted by molar-refractivity contribution is 7.16. The summed E-state index contributed by atoms with van der Waals surface area (Å²) in [5.74, 6) is 9.82. The Morgan fingerprint density at radius 1 is 0.639 bits per heavy atom. The Balaban J connectivity index is 2.02. The number of nitrogens with zero attached hydrogens (tertiary/aromatic N) is 1. The Kier molecular flexibility index (Phi) is 9.20. The Morgan fingerprint density at radius 2 is 1.03 bits per heavy atom. The van der Waals surface area contributed by atoms with Crippen LogP contribution >= 0.6 is 0 Å². The van der Waals surface area contributed by atoms with Gasteiger partial charge in [-0.25, -0.2) is 0 Å². The quantitative estimate of drug-likeness (QED) is 0.268. The molecule has 3 aromatic rings. The van der Waals surface area contributed by atoms with E-state index in [2.05, 4.69) is 159 Å². The summed E-state index contributed by atoms with van der Waals surface area (Å²) >= 11 is 0. The monoisotopic (exact) mass is 503 g/mol. The lowest BCUT2D eigenvalue weighted by molar-refractivity contribution is 0.390. The SMILES string of the molecule is C#CCN(CC#C[Si](c1ccccc1)(c1ccccc1)c1ccccc1)CC#C[Si](C)(C)C(C)(C)C. The molecule has 0 spiro atoms. The van der Waals surface area contributed by atoms with Crippen LogP contribution in [0.3, 0.4) is 0 Å². The lowest BCUT2D eigenvalue weighted by atomic mass is 10.2. The Hall–Kier alpha value is -3.27. The van der Waals surface area contributed by atoms with Crippen molar-refractivity contribution in [2.24, 2.45) is 0 Å². The van der Waals surface area contributed by atoms with E-state index in [1.807, 2.05) is 0 Å². The highest BCUT2D eigenvalue weighted by Crippen LogP contribution is 2.35. The first-order valence-electron chi connectivity index (χ1n) is 12.5. The fourth-order valence-corrected chi connectivity index (χ4v) is 8.67. The maximum atomic E-state index is 5.72. The Bertz CT molecular complexity index is 1180. The standard InChI is InChI=1S/C33H37NSi2/c1-7-25-34(26-17-28-35(5,6)33(2,3)4)27-18-29-36(30-19-11-8-12-20-30,31-21-13-9-14-22-31)32-23-15-10-16-24-32/h1,8-16,19-24H,25-27H2,2-6H3. The van der Waals surface area contributed by atoms with Crippen molar-refractivity contribution in [3.8, 4) is 35.3 Å². The van der Waals surface area contributed by atoms with E-state index in [0.29, 0.717) is 19.6 Å². The van der Waals surface area contributed by atoms with Gasteiger partial charge in [-0.1, -0.05) is 143 Å². The molecule has 0 saturated carbocycles. The number of hydrogen-bond acceptors (Lipinski definition) is 1. The van der Waals surface area contributed by atoms with Crippen LogP contribution in [0, 0.1) is 35.3 Å². The van der Waals surface area contributed by atoms with Crippen molar-refractivity contribution in [3.05, 3.63) is 91.0 Å². The van der Waals surface area contributed by atoms with Gasteiger partial charge in [0, 0.05) is 0 Å². The number of terminal acetylenes is 1. The van der Waals surface area contributed by atoms with Crippen molar-refractivity contribution in [1.29, 1.82) is 0 Å². The van der Waals surface area contributed by atoms with Crippen LogP contribution in [0.25, 0.3) is 0 Å². The summed E-state index contributed by atoms with van der Waals surface area (Å²) in [4.78, 5) is 2.17. The van der Waals surface area contributed by atoms with E-state index in [1.165, 1.54) is 15.6 Å². The zero-order chi connectivity index (χ0) is 26.1. The number of benzene rings is 3. The summed E-state index contributed by atoms with van der Waals surface area (Å²) in [7, 11) is -4.23. The minimum absolute atomic E-state index is 0.239. The summed E-state index contributed by atoms with van der Waals surface area (Å²) < 4.78 is 0. The van der Waals surface area contributed by atoms with Gasteiger partial charge in [-0.05, 0) is 20.6 Å². The van der Waals surface area contributed by atoms with Gasteiger partial charge in [-0.15, -0.1) is 17.5 Å². The van der Waals surface area contributed by atoms with Crippen molar-refractivity contribution in [2.45, 2.75) is 38.9 Å². The molecule has 0 aliphatic heterocycles. The fourth-order valence-electron chi connectivity index (χ4n) is 3.92. The Morgan fingerprint density at radius 3 is 1.39 bits per heavy atom. The smallest absolute Gasteiger partial charge is 0.229 e. The van der Waals surface area contributed by atoms with E-state index in [9.17, 15) is 0 Å². The summed E-state index contributed by atoms with van der Waals surface area (Å²) in [5.41, 5.74) is 7.45. The van der Waals surface area contributed by atoms with Crippen LogP contribution in [-0.2, 0) is 0 Å². The van der Waals surface area contributed by atoms with E-state index in [1.54, 1.807) is 0 Å². The molecule has 0 aromatic heterocycles. The van der Waals surface area contributed by atoms with Crippen LogP contribution in [0.5, 0.6) is 0 Å². The second-order valence-corrected chi connectivity index (χ2v) is 19.2. The predicted molar refractivity (Wildman–Crippen MR) is 162 cm³/mol. The summed E-state index contributed by atoms with van der Waals surface area (Å²) in [6, 6.07) is 32.3. The van der Waals surface area contributed by atoms with E-state index < -0.39 is 16.1 Å². The van der Waals surface area contributed by atoms with Gasteiger partial charge in [0.05, 0.1) is 19.6 Å². The van der Waals surface area contributed by atoms with Crippen LogP contribution in [0.15, 0.2) is 91.0 Å². The molecule has 0 heterocycles. The molecule has 0 aliphatic carbocycles. The van der Waals surface area contributed by atoms with Gasteiger partial charge in [0.2, 0.25) is 8.07 Å². The summed E-state index contributed by atoms with van der Waals surface area (Å²) in [6.45, 7) is 13.3. The molecule has 0 atom stereocenters. The highest BCUT2D eigenvalue weighted by atomic mass is 28.3. The summed E-state index contributed by atoms with van der Waals surface area (Å²) in [5, 5.41) is 4.10. The van der Waals surface area contributed by atoms with Crippen LogP contribution in [0.1, 0.15) is 20.8 Å². The first-order chi connectivity index (χ1) is 17.2. The maximum absolute atomic E-state index is 5.72. The van der Waals surface area contributed by atoms with Gasteiger partial charge in [0.1, 0.15) is 8.07 Å². The highest BCUT2D eigenvalue weighted by Gasteiger charge is 2.38. The van der Waals surface area contributed by atoms with E-state index in [4.69, 9.17) is 6.42 Å². The molecular formula is C33H37NSi2. The average Bonchev–Trinajstić information content (AvgIpc) is 2.87. The largest absolute Gasteiger partial charge is 0.270 e. The second kappa shape index (κ2) is 12.1. The van der Waals surface area contributed by atoms with Crippen LogP contribution in [-0.4, -0.2) is 40.7 Å². The molecule has 1 nitrogen and oxygen atoms in total. The van der Waals surface area contributed by atoms with Gasteiger partial charge >= 0.3 is 0 Å². The van der Waals surface area contributed by atoms with E-state index >= 15 is 0 Å². The zero-order valence-corrected chi connectivity index (χ0v) is 24.3. The van der Waals surface area contributed by atoms with Gasteiger partial charge < -0.3 is 0 Å². The molecule has 3 heteroatoms. The van der Waals surface area contributed by atoms with Crippen molar-refractivity contribution in [3.63, 3.8) is 0 Å². The molecule has 0 unspecified atom stereocenters. The zero-order valence-electron chi connectivity index (χ0n) is 22.3. The lowest BCUT2D eigenvalue weighted by Gasteiger charge is -2.31. The fraction of sp³-hybridized carbons (Fsp3) is 0.273. The molecule has 0 radical (unpaired) electrons. The van der Waals surface area contributed by atoms with Crippen molar-refractivity contribution < 1.29 is 0 Å². The van der Waals surface area contributed by atoms with Crippen molar-refractivity contribution in [2.75, 3.05) is 19.6 Å². The van der Waals surface area contributed by atoms with Crippen molar-refractivity contribution >= 4 is 31.7 Å². The third-order valence-corrected chi connectivity index (χ3v) is 15.8. The summed E-state index contributed by atoms with van der Waals surface area (Å²) in [6.07, 6.45) is 5.72. The minimum Gasteiger partial charge on any atom is -0.270 e. The first-order valence-corrected chi connectivity index (χ1v) is 17.5. The molecule has 3 rings (SSSR count). The molecule has 0 saturated heterocycles. The second-order valence-electron chi connectivity index (χ2n) is 10.7. The molecule has 0 N–H and O–H groups in total. The lowest BCUT2D eigenvalue weighted by Crippen LogP contribution is -2.66. The van der Waals surface area contributed by atoms with Crippen LogP contribution in [0.4, 0.5) is 0 Å². The number of rotatable bonds is 6. The van der Waals surface area contributed by atoms with Crippen LogP contribution in [0.2, 0.25) is 18.1 Å². The number of hydrogen-bond donors (Lipinski definition) is 0. The Labute approximate surface area is 221 Å². The molecule has 36 heavy (non-hydrogen) atoms. The van der Waals surface area contributed by atoms with Gasteiger partial charge in [-0.3, -0.25) is 4.90 Å². The minimum atomic E-state index is -2.57. The third-order valence-electron chi connectivity index (χ3n) is 7.09. The molecule has 0 bridgehead atoms. The average molecular weight is 504 g/mol. The topological polar surface area (TPSA) is 3.24 Å². The van der Waals surface area contributed by atoms with E-state index in [-0.39, 0.29) is 5.04 Å². The molecular weight excluding hydrogens is 467 g/mol.